The van der Waals surface area contributed by atoms with Crippen LogP contribution < -0.4 is 5.32 Å². The van der Waals surface area contributed by atoms with E-state index >= 15 is 0 Å². The van der Waals surface area contributed by atoms with Crippen molar-refractivity contribution in [3.63, 3.8) is 0 Å². The third kappa shape index (κ3) is 4.49. The number of ether oxygens (including phenoxy) is 1. The number of hydrogen-bond acceptors (Lipinski definition) is 3. The van der Waals surface area contributed by atoms with E-state index < -0.39 is 0 Å². The molecule has 1 fully saturated rings. The maximum absolute atomic E-state index is 9.26. The van der Waals surface area contributed by atoms with Crippen LogP contribution in [-0.2, 0) is 4.74 Å². The highest BCUT2D eigenvalue weighted by molar-refractivity contribution is 4.75. The van der Waals surface area contributed by atoms with E-state index in [-0.39, 0.29) is 12.0 Å². The van der Waals surface area contributed by atoms with Crippen molar-refractivity contribution in [2.24, 2.45) is 11.3 Å². The second-order valence-electron chi connectivity index (χ2n) is 5.04. The van der Waals surface area contributed by atoms with Gasteiger partial charge >= 0.3 is 0 Å². The summed E-state index contributed by atoms with van der Waals surface area (Å²) in [4.78, 5) is 0. The maximum atomic E-state index is 9.26. The van der Waals surface area contributed by atoms with Gasteiger partial charge in [0.2, 0.25) is 0 Å². The lowest BCUT2D eigenvalue weighted by molar-refractivity contribution is 0.0523. The molecule has 0 radical (unpaired) electrons. The largest absolute Gasteiger partial charge is 0.396 e. The minimum absolute atomic E-state index is 0.0372. The normalized spacial score (nSPS) is 26.2. The first kappa shape index (κ1) is 12.9. The summed E-state index contributed by atoms with van der Waals surface area (Å²) in [5, 5.41) is 12.7. The van der Waals surface area contributed by atoms with Crippen LogP contribution in [0.1, 0.15) is 33.1 Å². The lowest BCUT2D eigenvalue weighted by Crippen LogP contribution is -2.38. The molecule has 1 rings (SSSR count). The molecule has 0 aromatic carbocycles. The van der Waals surface area contributed by atoms with Gasteiger partial charge in [0, 0.05) is 31.7 Å². The third-order valence-electron chi connectivity index (χ3n) is 3.47. The van der Waals surface area contributed by atoms with Gasteiger partial charge in [0.1, 0.15) is 0 Å². The van der Waals surface area contributed by atoms with Gasteiger partial charge in [-0.25, -0.2) is 0 Å². The van der Waals surface area contributed by atoms with Crippen LogP contribution in [0.25, 0.3) is 0 Å². The summed E-state index contributed by atoms with van der Waals surface area (Å²) in [5.41, 5.74) is 0.0372. The summed E-state index contributed by atoms with van der Waals surface area (Å²) in [6, 6.07) is 0. The molecule has 2 unspecified atom stereocenters. The van der Waals surface area contributed by atoms with Gasteiger partial charge in [0.15, 0.2) is 0 Å². The maximum Gasteiger partial charge on any atom is 0.0506 e. The minimum atomic E-state index is 0.0372. The molecule has 0 aromatic rings. The van der Waals surface area contributed by atoms with E-state index in [9.17, 15) is 5.11 Å². The predicted octanol–water partition coefficient (Wildman–Crippen LogP) is 1.41. The molecule has 0 amide bonds. The Hall–Kier alpha value is -0.120. The number of hydrogen-bond donors (Lipinski definition) is 2. The fraction of sp³-hybridized carbons (Fsp3) is 1.00. The van der Waals surface area contributed by atoms with Crippen LogP contribution in [0.2, 0.25) is 0 Å². The lowest BCUT2D eigenvalue weighted by atomic mass is 9.88. The average Bonchev–Trinajstić information content (AvgIpc) is 2.30. The molecule has 15 heavy (non-hydrogen) atoms. The van der Waals surface area contributed by atoms with E-state index in [1.165, 1.54) is 12.8 Å². The van der Waals surface area contributed by atoms with Crippen molar-refractivity contribution >= 4 is 0 Å². The molecule has 3 nitrogen and oxygen atoms in total. The lowest BCUT2D eigenvalue weighted by Gasteiger charge is -2.28. The molecule has 1 heterocycles. The van der Waals surface area contributed by atoms with Crippen LogP contribution in [0.15, 0.2) is 0 Å². The average molecular weight is 215 g/mol. The molecule has 3 heteroatoms. The summed E-state index contributed by atoms with van der Waals surface area (Å²) in [5.74, 6) is 0.665. The van der Waals surface area contributed by atoms with Gasteiger partial charge in [-0.05, 0) is 25.2 Å². The van der Waals surface area contributed by atoms with Crippen molar-refractivity contribution < 1.29 is 9.84 Å². The smallest absolute Gasteiger partial charge is 0.0506 e. The summed E-state index contributed by atoms with van der Waals surface area (Å²) < 4.78 is 5.43. The van der Waals surface area contributed by atoms with E-state index in [0.717, 1.165) is 32.7 Å². The Morgan fingerprint density at radius 2 is 2.33 bits per heavy atom. The van der Waals surface area contributed by atoms with E-state index in [1.807, 2.05) is 0 Å². The van der Waals surface area contributed by atoms with Crippen LogP contribution in [0, 0.1) is 11.3 Å². The number of rotatable bonds is 6. The van der Waals surface area contributed by atoms with Crippen molar-refractivity contribution in [1.82, 2.24) is 5.32 Å². The molecule has 0 aromatic heterocycles. The highest BCUT2D eigenvalue weighted by Crippen LogP contribution is 2.19. The van der Waals surface area contributed by atoms with Gasteiger partial charge in [-0.1, -0.05) is 13.8 Å². The molecular formula is C12H25NO2. The Kier molecular flexibility index (Phi) is 5.58. The van der Waals surface area contributed by atoms with Gasteiger partial charge in [-0.2, -0.15) is 0 Å². The van der Waals surface area contributed by atoms with Gasteiger partial charge in [0.05, 0.1) is 6.61 Å². The van der Waals surface area contributed by atoms with E-state index in [4.69, 9.17) is 4.74 Å². The topological polar surface area (TPSA) is 41.5 Å². The Bertz CT molecular complexity index is 163. The standard InChI is InChI=1S/C12H25NO2/c1-3-12(2,10-14)9-13-7-11-5-4-6-15-8-11/h11,13-14H,3-10H2,1-2H3. The monoisotopic (exact) mass is 215 g/mol. The Labute approximate surface area is 93.2 Å². The van der Waals surface area contributed by atoms with Crippen molar-refractivity contribution in [3.8, 4) is 0 Å². The third-order valence-corrected chi connectivity index (χ3v) is 3.47. The molecule has 1 aliphatic rings. The van der Waals surface area contributed by atoms with Crippen molar-refractivity contribution in [1.29, 1.82) is 0 Å². The zero-order valence-corrected chi connectivity index (χ0v) is 10.1. The Morgan fingerprint density at radius 3 is 2.87 bits per heavy atom. The fourth-order valence-corrected chi connectivity index (χ4v) is 1.84. The molecule has 90 valence electrons. The molecule has 1 aliphatic heterocycles. The SMILES string of the molecule is CCC(C)(CO)CNCC1CCCOC1. The molecule has 2 atom stereocenters. The molecule has 2 N–H and O–H groups in total. The first-order valence-electron chi connectivity index (χ1n) is 6.09. The zero-order valence-electron chi connectivity index (χ0n) is 10.1. The van der Waals surface area contributed by atoms with Gasteiger partial charge in [-0.15, -0.1) is 0 Å². The summed E-state index contributed by atoms with van der Waals surface area (Å²) in [6.45, 7) is 8.26. The summed E-state index contributed by atoms with van der Waals surface area (Å²) in [6.07, 6.45) is 3.48. The number of aliphatic hydroxyl groups excluding tert-OH is 1. The molecule has 0 aliphatic carbocycles. The molecule has 0 saturated carbocycles. The molecule has 1 saturated heterocycles. The first-order chi connectivity index (χ1) is 7.20. The quantitative estimate of drug-likeness (QED) is 0.704. The molecule has 0 spiro atoms. The highest BCUT2D eigenvalue weighted by Gasteiger charge is 2.21. The Balaban J connectivity index is 2.14. The van der Waals surface area contributed by atoms with Gasteiger partial charge < -0.3 is 15.2 Å². The van der Waals surface area contributed by atoms with Crippen molar-refractivity contribution in [2.45, 2.75) is 33.1 Å². The van der Waals surface area contributed by atoms with Crippen molar-refractivity contribution in [3.05, 3.63) is 0 Å². The second kappa shape index (κ2) is 6.46. The van der Waals surface area contributed by atoms with Gasteiger partial charge in [0.25, 0.3) is 0 Å². The van der Waals surface area contributed by atoms with Crippen molar-refractivity contribution in [2.75, 3.05) is 32.9 Å². The first-order valence-corrected chi connectivity index (χ1v) is 6.09. The van der Waals surface area contributed by atoms with Crippen LogP contribution in [0.5, 0.6) is 0 Å². The highest BCUT2D eigenvalue weighted by atomic mass is 16.5. The Morgan fingerprint density at radius 1 is 1.53 bits per heavy atom. The number of nitrogens with one attached hydrogen (secondary N) is 1. The fourth-order valence-electron chi connectivity index (χ4n) is 1.84. The summed E-state index contributed by atoms with van der Waals surface area (Å²) in [7, 11) is 0. The zero-order chi connectivity index (χ0) is 11.1. The number of aliphatic hydroxyl groups is 1. The van der Waals surface area contributed by atoms with Crippen LogP contribution in [0.4, 0.5) is 0 Å². The van der Waals surface area contributed by atoms with Gasteiger partial charge in [-0.3, -0.25) is 0 Å². The van der Waals surface area contributed by atoms with E-state index in [2.05, 4.69) is 19.2 Å². The van der Waals surface area contributed by atoms with Crippen LogP contribution in [-0.4, -0.2) is 38.0 Å². The molecular weight excluding hydrogens is 190 g/mol. The second-order valence-corrected chi connectivity index (χ2v) is 5.04. The van der Waals surface area contributed by atoms with E-state index in [1.54, 1.807) is 0 Å². The summed E-state index contributed by atoms with van der Waals surface area (Å²) >= 11 is 0. The van der Waals surface area contributed by atoms with E-state index in [0.29, 0.717) is 5.92 Å². The minimum Gasteiger partial charge on any atom is -0.396 e. The van der Waals surface area contributed by atoms with Crippen LogP contribution >= 0.6 is 0 Å². The predicted molar refractivity (Wildman–Crippen MR) is 61.9 cm³/mol. The molecule has 0 bridgehead atoms. The van der Waals surface area contributed by atoms with Crippen LogP contribution in [0.3, 0.4) is 0 Å².